The number of rotatable bonds is 2. The Labute approximate surface area is 102 Å². The summed E-state index contributed by atoms with van der Waals surface area (Å²) in [4.78, 5) is 0. The Morgan fingerprint density at radius 1 is 1.12 bits per heavy atom. The molecule has 1 saturated heterocycles. The van der Waals surface area contributed by atoms with Gasteiger partial charge in [0.1, 0.15) is 17.5 Å². The molecule has 0 amide bonds. The number of aliphatic hydroxyl groups is 1. The highest BCUT2D eigenvalue weighted by molar-refractivity contribution is 6.60. The standard InChI is InChI=1S/C12H19BO4/c1-8(14)9-6-7-10(15-9)13-16-11(2,3)12(4,5)17-13/h6-8,14H,1-5H3/t8-/m1/s1. The number of furan rings is 1. The Hall–Kier alpha value is -0.775. The molecule has 1 aromatic rings. The summed E-state index contributed by atoms with van der Waals surface area (Å²) < 4.78 is 17.2. The first-order valence-electron chi connectivity index (χ1n) is 5.86. The highest BCUT2D eigenvalue weighted by Gasteiger charge is 2.53. The Kier molecular flexibility index (Phi) is 2.88. The summed E-state index contributed by atoms with van der Waals surface area (Å²) in [6, 6.07) is 3.52. The molecule has 1 fully saturated rings. The van der Waals surface area contributed by atoms with Crippen LogP contribution in [-0.2, 0) is 9.31 Å². The van der Waals surface area contributed by atoms with Crippen molar-refractivity contribution in [2.24, 2.45) is 0 Å². The van der Waals surface area contributed by atoms with Crippen LogP contribution in [0.1, 0.15) is 46.5 Å². The molecular weight excluding hydrogens is 219 g/mol. The lowest BCUT2D eigenvalue weighted by Gasteiger charge is -2.32. The van der Waals surface area contributed by atoms with Crippen molar-refractivity contribution in [3.05, 3.63) is 17.9 Å². The summed E-state index contributed by atoms with van der Waals surface area (Å²) in [6.45, 7) is 9.63. The lowest BCUT2D eigenvalue weighted by molar-refractivity contribution is 0.00578. The Bertz CT molecular complexity index is 392. The fourth-order valence-corrected chi connectivity index (χ4v) is 1.68. The van der Waals surface area contributed by atoms with Crippen molar-refractivity contribution < 1.29 is 18.8 Å². The molecule has 1 aliphatic rings. The molecular formula is C12H19BO4. The number of hydrogen-bond donors (Lipinski definition) is 1. The van der Waals surface area contributed by atoms with Gasteiger partial charge in [0.2, 0.25) is 0 Å². The maximum absolute atomic E-state index is 9.41. The van der Waals surface area contributed by atoms with Gasteiger partial charge in [-0.15, -0.1) is 0 Å². The molecule has 1 N–H and O–H groups in total. The monoisotopic (exact) mass is 238 g/mol. The molecule has 5 heteroatoms. The minimum Gasteiger partial charge on any atom is -0.467 e. The van der Waals surface area contributed by atoms with E-state index in [0.29, 0.717) is 11.4 Å². The van der Waals surface area contributed by atoms with E-state index in [1.807, 2.05) is 27.7 Å². The molecule has 0 bridgehead atoms. The van der Waals surface area contributed by atoms with Crippen molar-refractivity contribution in [3.8, 4) is 0 Å². The second-order valence-electron chi connectivity index (χ2n) is 5.50. The number of hydrogen-bond acceptors (Lipinski definition) is 4. The van der Waals surface area contributed by atoms with E-state index < -0.39 is 13.2 Å². The van der Waals surface area contributed by atoms with E-state index >= 15 is 0 Å². The normalized spacial score (nSPS) is 24.0. The van der Waals surface area contributed by atoms with Crippen LogP contribution in [0, 0.1) is 0 Å². The van der Waals surface area contributed by atoms with Gasteiger partial charge in [-0.2, -0.15) is 0 Å². The Morgan fingerprint density at radius 2 is 1.65 bits per heavy atom. The van der Waals surface area contributed by atoms with Crippen LogP contribution in [0.25, 0.3) is 0 Å². The Morgan fingerprint density at radius 3 is 2.06 bits per heavy atom. The van der Waals surface area contributed by atoms with Gasteiger partial charge in [0.05, 0.1) is 11.2 Å². The van der Waals surface area contributed by atoms with Gasteiger partial charge in [-0.1, -0.05) is 0 Å². The van der Waals surface area contributed by atoms with Gasteiger partial charge in [-0.3, -0.25) is 0 Å². The van der Waals surface area contributed by atoms with Gasteiger partial charge in [-0.25, -0.2) is 0 Å². The summed E-state index contributed by atoms with van der Waals surface area (Å²) in [5.41, 5.74) is -0.162. The zero-order valence-electron chi connectivity index (χ0n) is 11.0. The predicted octanol–water partition coefficient (Wildman–Crippen LogP) is 1.63. The molecule has 94 valence electrons. The molecule has 2 rings (SSSR count). The van der Waals surface area contributed by atoms with Crippen LogP contribution in [-0.4, -0.2) is 23.4 Å². The molecule has 0 aromatic carbocycles. The second-order valence-corrected chi connectivity index (χ2v) is 5.50. The maximum Gasteiger partial charge on any atom is 0.532 e. The zero-order chi connectivity index (χ0) is 12.8. The molecule has 1 atom stereocenters. The van der Waals surface area contributed by atoms with Crippen molar-refractivity contribution in [2.45, 2.75) is 51.9 Å². The molecule has 0 unspecified atom stereocenters. The molecule has 17 heavy (non-hydrogen) atoms. The van der Waals surface area contributed by atoms with Crippen LogP contribution < -0.4 is 5.66 Å². The molecule has 1 aliphatic heterocycles. The van der Waals surface area contributed by atoms with E-state index in [0.717, 1.165) is 0 Å². The van der Waals surface area contributed by atoms with Crippen molar-refractivity contribution in [3.63, 3.8) is 0 Å². The third-order valence-electron chi connectivity index (χ3n) is 3.54. The van der Waals surface area contributed by atoms with Gasteiger partial charge in [-0.05, 0) is 46.8 Å². The van der Waals surface area contributed by atoms with E-state index in [1.165, 1.54) is 0 Å². The van der Waals surface area contributed by atoms with E-state index in [1.54, 1.807) is 19.1 Å². The van der Waals surface area contributed by atoms with Crippen molar-refractivity contribution in [2.75, 3.05) is 0 Å². The first kappa shape index (κ1) is 12.7. The maximum atomic E-state index is 9.41. The molecule has 0 aliphatic carbocycles. The summed E-state index contributed by atoms with van der Waals surface area (Å²) in [6.07, 6.45) is -0.619. The fourth-order valence-electron chi connectivity index (χ4n) is 1.68. The highest BCUT2D eigenvalue weighted by atomic mass is 16.7. The molecule has 4 nitrogen and oxygen atoms in total. The van der Waals surface area contributed by atoms with Crippen molar-refractivity contribution >= 4 is 12.8 Å². The molecule has 1 aromatic heterocycles. The fraction of sp³-hybridized carbons (Fsp3) is 0.667. The SMILES string of the molecule is C[C@@H](O)c1ccc(B2OC(C)(C)C(C)(C)O2)o1. The average molecular weight is 238 g/mol. The third kappa shape index (κ3) is 2.15. The van der Waals surface area contributed by atoms with Crippen LogP contribution in [0.3, 0.4) is 0 Å². The van der Waals surface area contributed by atoms with Crippen LogP contribution in [0.4, 0.5) is 0 Å². The molecule has 2 heterocycles. The van der Waals surface area contributed by atoms with E-state index in [2.05, 4.69) is 0 Å². The van der Waals surface area contributed by atoms with Gasteiger partial charge in [0, 0.05) is 0 Å². The van der Waals surface area contributed by atoms with E-state index in [9.17, 15) is 5.11 Å². The van der Waals surface area contributed by atoms with Crippen LogP contribution in [0.2, 0.25) is 0 Å². The Balaban J connectivity index is 2.20. The molecule has 0 spiro atoms. The van der Waals surface area contributed by atoms with Crippen molar-refractivity contribution in [1.82, 2.24) is 0 Å². The lowest BCUT2D eigenvalue weighted by atomic mass is 9.86. The quantitative estimate of drug-likeness (QED) is 0.795. The largest absolute Gasteiger partial charge is 0.532 e. The minimum atomic E-state index is -0.619. The first-order chi connectivity index (χ1) is 7.73. The van der Waals surface area contributed by atoms with Crippen molar-refractivity contribution in [1.29, 1.82) is 0 Å². The molecule has 0 radical (unpaired) electrons. The van der Waals surface area contributed by atoms with Gasteiger partial charge in [0.15, 0.2) is 0 Å². The highest BCUT2D eigenvalue weighted by Crippen LogP contribution is 2.36. The van der Waals surface area contributed by atoms with Gasteiger partial charge in [0.25, 0.3) is 0 Å². The topological polar surface area (TPSA) is 51.8 Å². The summed E-state index contributed by atoms with van der Waals surface area (Å²) in [7, 11) is -0.507. The summed E-state index contributed by atoms with van der Waals surface area (Å²) >= 11 is 0. The van der Waals surface area contributed by atoms with Gasteiger partial charge >= 0.3 is 7.12 Å². The van der Waals surface area contributed by atoms with E-state index in [4.69, 9.17) is 13.7 Å². The van der Waals surface area contributed by atoms with Crippen LogP contribution >= 0.6 is 0 Å². The van der Waals surface area contributed by atoms with Gasteiger partial charge < -0.3 is 18.8 Å². The smallest absolute Gasteiger partial charge is 0.467 e. The summed E-state index contributed by atoms with van der Waals surface area (Å²) in [5, 5.41) is 9.41. The first-order valence-corrected chi connectivity index (χ1v) is 5.86. The average Bonchev–Trinajstić information content (AvgIpc) is 2.70. The predicted molar refractivity (Wildman–Crippen MR) is 65.1 cm³/mol. The van der Waals surface area contributed by atoms with Crippen LogP contribution in [0.5, 0.6) is 0 Å². The zero-order valence-corrected chi connectivity index (χ0v) is 11.0. The molecule has 0 saturated carbocycles. The second kappa shape index (κ2) is 3.87. The third-order valence-corrected chi connectivity index (χ3v) is 3.54. The van der Waals surface area contributed by atoms with Crippen LogP contribution in [0.15, 0.2) is 16.5 Å². The lowest BCUT2D eigenvalue weighted by Crippen LogP contribution is -2.41. The number of aliphatic hydroxyl groups excluding tert-OH is 1. The summed E-state index contributed by atoms with van der Waals surface area (Å²) in [5.74, 6) is 0.523. The van der Waals surface area contributed by atoms with E-state index in [-0.39, 0.29) is 11.2 Å². The minimum absolute atomic E-state index is 0.380.